The Morgan fingerprint density at radius 3 is 2.10 bits per heavy atom. The van der Waals surface area contributed by atoms with Gasteiger partial charge in [0.15, 0.2) is 11.0 Å². The molecule has 0 bridgehead atoms. The van der Waals surface area contributed by atoms with Crippen LogP contribution in [0.1, 0.15) is 59.9 Å². The molecule has 250 valence electrons. The summed E-state index contributed by atoms with van der Waals surface area (Å²) in [6, 6.07) is 19.5. The molecule has 0 radical (unpaired) electrons. The zero-order chi connectivity index (χ0) is 34.0. The monoisotopic (exact) mass is 676 g/mol. The van der Waals surface area contributed by atoms with E-state index in [9.17, 15) is 22.4 Å². The first-order valence-electron chi connectivity index (χ1n) is 15.8. The van der Waals surface area contributed by atoms with Gasteiger partial charge in [0, 0.05) is 23.1 Å². The van der Waals surface area contributed by atoms with Gasteiger partial charge in [-0.25, -0.2) is 4.39 Å². The van der Waals surface area contributed by atoms with E-state index < -0.39 is 11.7 Å². The lowest BCUT2D eigenvalue weighted by molar-refractivity contribution is -0.137. The Morgan fingerprint density at radius 1 is 0.833 bits per heavy atom. The van der Waals surface area contributed by atoms with E-state index in [1.165, 1.54) is 36.0 Å². The van der Waals surface area contributed by atoms with Crippen LogP contribution in [0.15, 0.2) is 82.7 Å². The smallest absolute Gasteiger partial charge is 0.316 e. The van der Waals surface area contributed by atoms with Crippen LogP contribution in [0.4, 0.5) is 17.6 Å². The molecule has 1 aliphatic rings. The fourth-order valence-electron chi connectivity index (χ4n) is 5.76. The lowest BCUT2D eigenvalue weighted by Gasteiger charge is -2.22. The Labute approximate surface area is 280 Å². The number of alkyl halides is 3. The molecular formula is C36H36F4N6OS. The average Bonchev–Trinajstić information content (AvgIpc) is 3.70. The maximum atomic E-state index is 13.5. The van der Waals surface area contributed by atoms with Crippen molar-refractivity contribution in [2.75, 3.05) is 7.05 Å². The fraction of sp³-hybridized carbons (Fsp3) is 0.333. The predicted octanol–water partition coefficient (Wildman–Crippen LogP) is 7.38. The van der Waals surface area contributed by atoms with Gasteiger partial charge in [-0.15, -0.1) is 10.2 Å². The van der Waals surface area contributed by atoms with Crippen LogP contribution in [0.3, 0.4) is 0 Å². The highest BCUT2D eigenvalue weighted by molar-refractivity contribution is 7.98. The summed E-state index contributed by atoms with van der Waals surface area (Å²) < 4.78 is 56.9. The van der Waals surface area contributed by atoms with Crippen molar-refractivity contribution in [3.8, 4) is 11.1 Å². The van der Waals surface area contributed by atoms with Gasteiger partial charge in [-0.1, -0.05) is 60.3 Å². The number of fused-ring (bicyclic) bond motifs is 1. The second kappa shape index (κ2) is 14.1. The molecule has 0 N–H and O–H groups in total. The summed E-state index contributed by atoms with van der Waals surface area (Å²) in [6.45, 7) is 5.64. The highest BCUT2D eigenvalue weighted by Crippen LogP contribution is 2.31. The number of halogens is 4. The highest BCUT2D eigenvalue weighted by atomic mass is 32.2. The number of thioether (sulfide) groups is 1. The first kappa shape index (κ1) is 33.6. The highest BCUT2D eigenvalue weighted by Gasteiger charge is 2.30. The molecule has 12 heteroatoms. The van der Waals surface area contributed by atoms with E-state index in [1.807, 2.05) is 31.3 Å². The van der Waals surface area contributed by atoms with Gasteiger partial charge in [0.25, 0.3) is 5.56 Å². The quantitative estimate of drug-likeness (QED) is 0.0827. The van der Waals surface area contributed by atoms with Crippen LogP contribution < -0.4 is 5.56 Å². The molecule has 0 spiro atoms. The van der Waals surface area contributed by atoms with Crippen molar-refractivity contribution in [3.63, 3.8) is 0 Å². The van der Waals surface area contributed by atoms with Gasteiger partial charge in [-0.05, 0) is 86.7 Å². The minimum Gasteiger partial charge on any atom is -0.316 e. The number of rotatable bonds is 11. The SMILES string of the molecule is CC(C)N(C)Cc1nnc(Cn2c(SCc3ccc(F)cc3)nc(=O)c3c2CCC3)n1Cc1ccc(-c2ccc(C(F)(F)F)cc2)cc1. The summed E-state index contributed by atoms with van der Waals surface area (Å²) in [5.41, 5.74) is 4.24. The molecule has 7 nitrogen and oxygen atoms in total. The minimum atomic E-state index is -4.38. The molecule has 1 aliphatic carbocycles. The minimum absolute atomic E-state index is 0.200. The molecule has 2 heterocycles. The van der Waals surface area contributed by atoms with Crippen LogP contribution in [0.25, 0.3) is 11.1 Å². The number of hydrogen-bond donors (Lipinski definition) is 0. The molecule has 0 aliphatic heterocycles. The van der Waals surface area contributed by atoms with Crippen molar-refractivity contribution >= 4 is 11.8 Å². The molecule has 6 rings (SSSR count). The van der Waals surface area contributed by atoms with E-state index in [0.29, 0.717) is 42.5 Å². The number of nitrogens with zero attached hydrogens (tertiary/aromatic N) is 6. The second-order valence-electron chi connectivity index (χ2n) is 12.4. The Bertz CT molecular complexity index is 1930. The normalized spacial score (nSPS) is 13.1. The van der Waals surface area contributed by atoms with Gasteiger partial charge < -0.3 is 9.13 Å². The average molecular weight is 677 g/mol. The van der Waals surface area contributed by atoms with Gasteiger partial charge >= 0.3 is 6.18 Å². The number of benzene rings is 3. The van der Waals surface area contributed by atoms with Gasteiger partial charge in [0.2, 0.25) is 0 Å². The van der Waals surface area contributed by atoms with Crippen molar-refractivity contribution in [1.29, 1.82) is 0 Å². The summed E-state index contributed by atoms with van der Waals surface area (Å²) in [5.74, 6) is 1.73. The van der Waals surface area contributed by atoms with Crippen molar-refractivity contribution in [2.45, 2.75) is 75.9 Å². The van der Waals surface area contributed by atoms with E-state index in [1.54, 1.807) is 12.1 Å². The van der Waals surface area contributed by atoms with Crippen molar-refractivity contribution in [2.24, 2.45) is 0 Å². The van der Waals surface area contributed by atoms with Crippen molar-refractivity contribution < 1.29 is 17.6 Å². The van der Waals surface area contributed by atoms with Gasteiger partial charge in [-0.3, -0.25) is 9.69 Å². The maximum Gasteiger partial charge on any atom is 0.416 e. The molecule has 0 saturated heterocycles. The molecule has 0 unspecified atom stereocenters. The van der Waals surface area contributed by atoms with Crippen LogP contribution >= 0.6 is 11.8 Å². The van der Waals surface area contributed by atoms with Crippen molar-refractivity contribution in [1.82, 2.24) is 29.2 Å². The molecule has 2 aromatic heterocycles. The molecule has 0 amide bonds. The van der Waals surface area contributed by atoms with Crippen LogP contribution in [0, 0.1) is 5.82 Å². The van der Waals surface area contributed by atoms with Crippen LogP contribution in [0.5, 0.6) is 0 Å². The van der Waals surface area contributed by atoms with E-state index in [4.69, 9.17) is 0 Å². The van der Waals surface area contributed by atoms with E-state index in [-0.39, 0.29) is 17.4 Å². The van der Waals surface area contributed by atoms with Crippen LogP contribution in [-0.4, -0.2) is 42.3 Å². The Morgan fingerprint density at radius 2 is 1.46 bits per heavy atom. The Kier molecular flexibility index (Phi) is 9.84. The molecule has 3 aromatic carbocycles. The molecular weight excluding hydrogens is 640 g/mol. The Balaban J connectivity index is 1.31. The molecule has 48 heavy (non-hydrogen) atoms. The van der Waals surface area contributed by atoms with Crippen LogP contribution in [0.2, 0.25) is 0 Å². The van der Waals surface area contributed by atoms with Gasteiger partial charge in [0.05, 0.1) is 25.2 Å². The zero-order valence-electron chi connectivity index (χ0n) is 27.0. The summed E-state index contributed by atoms with van der Waals surface area (Å²) >= 11 is 1.44. The summed E-state index contributed by atoms with van der Waals surface area (Å²) in [7, 11) is 2.03. The topological polar surface area (TPSA) is 68.8 Å². The third kappa shape index (κ3) is 7.55. The standard InChI is InChI=1S/C36H36F4N6OS/c1-23(2)44(3)20-32-42-43-33(46(32)19-24-7-11-26(12-8-24)27-13-15-28(16-14-27)36(38,39)40)21-45-31-6-4-5-30(31)34(47)41-35(45)48-22-25-9-17-29(37)18-10-25/h7-18,23H,4-6,19-22H2,1-3H3. The first-order valence-corrected chi connectivity index (χ1v) is 16.8. The maximum absolute atomic E-state index is 13.5. The van der Waals surface area contributed by atoms with Crippen molar-refractivity contribution in [3.05, 3.63) is 129 Å². The van der Waals surface area contributed by atoms with Crippen LogP contribution in [-0.2, 0) is 44.4 Å². The molecule has 0 saturated carbocycles. The zero-order valence-corrected chi connectivity index (χ0v) is 27.8. The summed E-state index contributed by atoms with van der Waals surface area (Å²) in [4.78, 5) is 19.7. The number of aromatic nitrogens is 5. The summed E-state index contributed by atoms with van der Waals surface area (Å²) in [5, 5.41) is 9.84. The van der Waals surface area contributed by atoms with Gasteiger partial charge in [0.1, 0.15) is 11.6 Å². The predicted molar refractivity (Wildman–Crippen MR) is 178 cm³/mol. The Hall–Kier alpha value is -4.29. The third-order valence-electron chi connectivity index (χ3n) is 8.80. The largest absolute Gasteiger partial charge is 0.416 e. The second-order valence-corrected chi connectivity index (χ2v) is 13.3. The van der Waals surface area contributed by atoms with E-state index in [0.717, 1.165) is 64.6 Å². The third-order valence-corrected chi connectivity index (χ3v) is 9.85. The van der Waals surface area contributed by atoms with Gasteiger partial charge in [-0.2, -0.15) is 18.2 Å². The molecule has 0 atom stereocenters. The molecule has 0 fully saturated rings. The lowest BCUT2D eigenvalue weighted by atomic mass is 10.0. The first-order chi connectivity index (χ1) is 23.0. The van der Waals surface area contributed by atoms with E-state index in [2.05, 4.69) is 43.1 Å². The summed E-state index contributed by atoms with van der Waals surface area (Å²) in [6.07, 6.45) is -2.05. The lowest BCUT2D eigenvalue weighted by Crippen LogP contribution is -2.28. The fourth-order valence-corrected chi connectivity index (χ4v) is 6.73. The number of hydrogen-bond acceptors (Lipinski definition) is 6. The van der Waals surface area contributed by atoms with E-state index >= 15 is 0 Å². The molecule has 5 aromatic rings.